The molecule has 1 atom stereocenters. The number of hydrogen-bond acceptors (Lipinski definition) is 5. The number of carbonyl (C=O) groups is 2. The lowest BCUT2D eigenvalue weighted by Crippen LogP contribution is -2.50. The average molecular weight is 525 g/mol. The molecule has 0 saturated carbocycles. The molecular weight excluding hydrogens is 492 g/mol. The molecule has 39 heavy (non-hydrogen) atoms. The maximum absolute atomic E-state index is 13.0. The SMILES string of the molecule is COc1ccc(NCCNC(=O)[C@H](Cc2ccccc2)NC(=O)Nc2ccc(Oc3ccccc3)cc2)cc1. The Morgan fingerprint density at radius 1 is 0.692 bits per heavy atom. The first-order chi connectivity index (χ1) is 19.1. The highest BCUT2D eigenvalue weighted by Crippen LogP contribution is 2.22. The molecule has 0 aliphatic heterocycles. The zero-order chi connectivity index (χ0) is 27.3. The molecular formula is C31H32N4O4. The quantitative estimate of drug-likeness (QED) is 0.185. The van der Waals surface area contributed by atoms with Crippen molar-refractivity contribution in [2.75, 3.05) is 30.8 Å². The van der Waals surface area contributed by atoms with Gasteiger partial charge in [-0.1, -0.05) is 48.5 Å². The predicted molar refractivity (Wildman–Crippen MR) is 154 cm³/mol. The normalized spacial score (nSPS) is 11.1. The number of anilines is 2. The Morgan fingerprint density at radius 3 is 1.95 bits per heavy atom. The van der Waals surface area contributed by atoms with Gasteiger partial charge in [0.1, 0.15) is 23.3 Å². The van der Waals surface area contributed by atoms with Crippen LogP contribution in [0.1, 0.15) is 5.56 Å². The van der Waals surface area contributed by atoms with Crippen molar-refractivity contribution in [3.05, 3.63) is 115 Å². The van der Waals surface area contributed by atoms with Gasteiger partial charge >= 0.3 is 6.03 Å². The van der Waals surface area contributed by atoms with E-state index in [1.54, 1.807) is 31.4 Å². The molecule has 0 aliphatic carbocycles. The summed E-state index contributed by atoms with van der Waals surface area (Å²) in [6.07, 6.45) is 0.357. The molecule has 0 saturated heterocycles. The topological polar surface area (TPSA) is 101 Å². The van der Waals surface area contributed by atoms with E-state index in [4.69, 9.17) is 9.47 Å². The summed E-state index contributed by atoms with van der Waals surface area (Å²) in [5, 5.41) is 11.8. The molecule has 0 aliphatic rings. The van der Waals surface area contributed by atoms with Crippen molar-refractivity contribution in [1.29, 1.82) is 0 Å². The number of carbonyl (C=O) groups excluding carboxylic acids is 2. The van der Waals surface area contributed by atoms with Gasteiger partial charge in [-0.25, -0.2) is 4.79 Å². The highest BCUT2D eigenvalue weighted by atomic mass is 16.5. The predicted octanol–water partition coefficient (Wildman–Crippen LogP) is 5.45. The van der Waals surface area contributed by atoms with E-state index in [0.29, 0.717) is 30.9 Å². The van der Waals surface area contributed by atoms with Crippen LogP contribution >= 0.6 is 0 Å². The summed E-state index contributed by atoms with van der Waals surface area (Å²) in [5.41, 5.74) is 2.44. The second-order valence-electron chi connectivity index (χ2n) is 8.73. The van der Waals surface area contributed by atoms with Crippen molar-refractivity contribution < 1.29 is 19.1 Å². The number of hydrogen-bond donors (Lipinski definition) is 4. The van der Waals surface area contributed by atoms with Crippen molar-refractivity contribution in [3.8, 4) is 17.2 Å². The van der Waals surface area contributed by atoms with Crippen molar-refractivity contribution in [3.63, 3.8) is 0 Å². The first kappa shape index (κ1) is 27.1. The van der Waals surface area contributed by atoms with Gasteiger partial charge < -0.3 is 30.7 Å². The van der Waals surface area contributed by atoms with Gasteiger partial charge in [0.25, 0.3) is 0 Å². The van der Waals surface area contributed by atoms with Crippen molar-refractivity contribution in [2.45, 2.75) is 12.5 Å². The molecule has 0 spiro atoms. The summed E-state index contributed by atoms with van der Waals surface area (Å²) >= 11 is 0. The molecule has 4 N–H and O–H groups in total. The van der Waals surface area contributed by atoms with Gasteiger partial charge in [0.15, 0.2) is 0 Å². The van der Waals surface area contributed by atoms with E-state index in [1.165, 1.54) is 0 Å². The third-order valence-corrected chi connectivity index (χ3v) is 5.84. The van der Waals surface area contributed by atoms with E-state index >= 15 is 0 Å². The van der Waals surface area contributed by atoms with E-state index in [2.05, 4.69) is 21.3 Å². The van der Waals surface area contributed by atoms with Crippen molar-refractivity contribution in [2.24, 2.45) is 0 Å². The van der Waals surface area contributed by atoms with Gasteiger partial charge in [0.05, 0.1) is 7.11 Å². The van der Waals surface area contributed by atoms with E-state index in [1.807, 2.05) is 84.9 Å². The summed E-state index contributed by atoms with van der Waals surface area (Å²) in [7, 11) is 1.62. The smallest absolute Gasteiger partial charge is 0.319 e. The Hall–Kier alpha value is -4.98. The Kier molecular flexibility index (Phi) is 9.78. The highest BCUT2D eigenvalue weighted by molar-refractivity contribution is 5.93. The first-order valence-electron chi connectivity index (χ1n) is 12.7. The Balaban J connectivity index is 1.30. The van der Waals surface area contributed by atoms with Crippen LogP contribution in [0.3, 0.4) is 0 Å². The number of urea groups is 1. The van der Waals surface area contributed by atoms with Crippen LogP contribution in [0.5, 0.6) is 17.2 Å². The number of methoxy groups -OCH3 is 1. The minimum Gasteiger partial charge on any atom is -0.497 e. The van der Waals surface area contributed by atoms with E-state index in [-0.39, 0.29) is 5.91 Å². The number of nitrogens with one attached hydrogen (secondary N) is 4. The molecule has 0 heterocycles. The minimum atomic E-state index is -0.755. The van der Waals surface area contributed by atoms with E-state index in [0.717, 1.165) is 22.7 Å². The summed E-state index contributed by atoms with van der Waals surface area (Å²) in [6, 6.07) is 32.4. The van der Waals surface area contributed by atoms with Crippen LogP contribution in [0.15, 0.2) is 109 Å². The highest BCUT2D eigenvalue weighted by Gasteiger charge is 2.21. The zero-order valence-corrected chi connectivity index (χ0v) is 21.7. The van der Waals surface area contributed by atoms with Crippen LogP contribution in [0.2, 0.25) is 0 Å². The van der Waals surface area contributed by atoms with Crippen LogP contribution in [-0.2, 0) is 11.2 Å². The number of rotatable bonds is 12. The summed E-state index contributed by atoms with van der Waals surface area (Å²) in [5.74, 6) is 1.89. The standard InChI is InChI=1S/C31H32N4O4/c1-38-26-16-12-24(13-17-26)32-20-21-33-30(36)29(22-23-8-4-2-5-9-23)35-31(37)34-25-14-18-28(19-15-25)39-27-10-6-3-7-11-27/h2-19,29,32H,20-22H2,1H3,(H,33,36)(H2,34,35,37)/t29-/m0/s1. The van der Waals surface area contributed by atoms with Crippen LogP contribution < -0.4 is 30.7 Å². The zero-order valence-electron chi connectivity index (χ0n) is 21.7. The van der Waals surface area contributed by atoms with Gasteiger partial charge in [-0.3, -0.25) is 4.79 Å². The Labute approximate surface area is 228 Å². The minimum absolute atomic E-state index is 0.267. The molecule has 8 nitrogen and oxygen atoms in total. The summed E-state index contributed by atoms with van der Waals surface area (Å²) in [6.45, 7) is 0.919. The van der Waals surface area contributed by atoms with Gasteiger partial charge in [-0.2, -0.15) is 0 Å². The molecule has 0 bridgehead atoms. The molecule has 0 unspecified atom stereocenters. The van der Waals surface area contributed by atoms with Crippen LogP contribution in [-0.4, -0.2) is 38.2 Å². The first-order valence-corrected chi connectivity index (χ1v) is 12.7. The third kappa shape index (κ3) is 8.82. The fraction of sp³-hybridized carbons (Fsp3) is 0.161. The summed E-state index contributed by atoms with van der Waals surface area (Å²) < 4.78 is 11.0. The van der Waals surface area contributed by atoms with Crippen molar-refractivity contribution >= 4 is 23.3 Å². The molecule has 0 fully saturated rings. The van der Waals surface area contributed by atoms with Gasteiger partial charge in [-0.05, 0) is 66.2 Å². The molecule has 200 valence electrons. The fourth-order valence-electron chi connectivity index (χ4n) is 3.84. The maximum atomic E-state index is 13.0. The lowest BCUT2D eigenvalue weighted by atomic mass is 10.1. The number of ether oxygens (including phenoxy) is 2. The van der Waals surface area contributed by atoms with E-state index < -0.39 is 12.1 Å². The molecule has 4 rings (SSSR count). The molecule has 4 aromatic carbocycles. The number of amides is 3. The van der Waals surface area contributed by atoms with Gasteiger partial charge in [-0.15, -0.1) is 0 Å². The molecule has 0 aromatic heterocycles. The van der Waals surface area contributed by atoms with Crippen molar-refractivity contribution in [1.82, 2.24) is 10.6 Å². The molecule has 8 heteroatoms. The number of benzene rings is 4. The lowest BCUT2D eigenvalue weighted by molar-refractivity contribution is -0.122. The monoisotopic (exact) mass is 524 g/mol. The van der Waals surface area contributed by atoms with Crippen LogP contribution in [0, 0.1) is 0 Å². The Bertz CT molecular complexity index is 1310. The second kappa shape index (κ2) is 14.1. The van der Waals surface area contributed by atoms with Gasteiger partial charge in [0, 0.05) is 30.9 Å². The third-order valence-electron chi connectivity index (χ3n) is 5.84. The molecule has 4 aromatic rings. The molecule has 0 radical (unpaired) electrons. The average Bonchev–Trinajstić information content (AvgIpc) is 2.97. The fourth-order valence-corrected chi connectivity index (χ4v) is 3.84. The second-order valence-corrected chi connectivity index (χ2v) is 8.73. The van der Waals surface area contributed by atoms with Crippen LogP contribution in [0.4, 0.5) is 16.2 Å². The summed E-state index contributed by atoms with van der Waals surface area (Å²) in [4.78, 5) is 25.8. The van der Waals surface area contributed by atoms with E-state index in [9.17, 15) is 9.59 Å². The Morgan fingerprint density at radius 2 is 1.28 bits per heavy atom. The largest absolute Gasteiger partial charge is 0.497 e. The number of para-hydroxylation sites is 1. The maximum Gasteiger partial charge on any atom is 0.319 e. The lowest BCUT2D eigenvalue weighted by Gasteiger charge is -2.19. The molecule has 3 amide bonds. The van der Waals surface area contributed by atoms with Gasteiger partial charge in [0.2, 0.25) is 5.91 Å². The van der Waals surface area contributed by atoms with Crippen LogP contribution in [0.25, 0.3) is 0 Å².